The molecule has 1 heterocycles. The maximum absolute atomic E-state index is 9.47. The minimum Gasteiger partial charge on any atom is -0.493 e. The van der Waals surface area contributed by atoms with Crippen molar-refractivity contribution in [2.24, 2.45) is 0 Å². The van der Waals surface area contributed by atoms with E-state index in [2.05, 4.69) is 6.07 Å². The standard InChI is InChI=1S/C15H20BNO4/c1-14(2)15(3,4)21-16(20-14)11-7-8-12(18-5)13(19-6)10(11)9-17/h7-8H,1-6H3. The lowest BCUT2D eigenvalue weighted by Gasteiger charge is -2.32. The van der Waals surface area contributed by atoms with Crippen molar-refractivity contribution < 1.29 is 18.8 Å². The summed E-state index contributed by atoms with van der Waals surface area (Å²) in [7, 11) is 2.43. The smallest absolute Gasteiger partial charge is 0.493 e. The van der Waals surface area contributed by atoms with Gasteiger partial charge in [-0.25, -0.2) is 0 Å². The van der Waals surface area contributed by atoms with E-state index in [9.17, 15) is 5.26 Å². The van der Waals surface area contributed by atoms with Crippen LogP contribution in [0.25, 0.3) is 0 Å². The van der Waals surface area contributed by atoms with E-state index >= 15 is 0 Å². The van der Waals surface area contributed by atoms with Crippen LogP contribution in [0.15, 0.2) is 12.1 Å². The largest absolute Gasteiger partial charge is 0.496 e. The van der Waals surface area contributed by atoms with Gasteiger partial charge in [-0.1, -0.05) is 6.07 Å². The topological polar surface area (TPSA) is 60.7 Å². The molecule has 112 valence electrons. The lowest BCUT2D eigenvalue weighted by Crippen LogP contribution is -2.41. The summed E-state index contributed by atoms with van der Waals surface area (Å²) in [5.41, 5.74) is 0.0962. The van der Waals surface area contributed by atoms with Crippen LogP contribution in [-0.4, -0.2) is 32.5 Å². The number of nitrogens with zero attached hydrogens (tertiary/aromatic N) is 1. The first-order valence-corrected chi connectivity index (χ1v) is 6.78. The van der Waals surface area contributed by atoms with Crippen molar-refractivity contribution in [2.45, 2.75) is 38.9 Å². The van der Waals surface area contributed by atoms with Crippen molar-refractivity contribution in [3.63, 3.8) is 0 Å². The highest BCUT2D eigenvalue weighted by atomic mass is 16.7. The molecule has 1 aliphatic heterocycles. The van der Waals surface area contributed by atoms with Gasteiger partial charge in [0.15, 0.2) is 11.5 Å². The Kier molecular flexibility index (Phi) is 3.92. The maximum atomic E-state index is 9.47. The molecule has 1 aromatic rings. The highest BCUT2D eigenvalue weighted by Crippen LogP contribution is 2.38. The Bertz CT molecular complexity index is 576. The Morgan fingerprint density at radius 1 is 1.05 bits per heavy atom. The average Bonchev–Trinajstić information content (AvgIpc) is 2.65. The van der Waals surface area contributed by atoms with Gasteiger partial charge in [-0.05, 0) is 33.8 Å². The minimum atomic E-state index is -0.607. The quantitative estimate of drug-likeness (QED) is 0.795. The minimum absolute atomic E-state index is 0.371. The van der Waals surface area contributed by atoms with E-state index in [0.717, 1.165) is 0 Å². The maximum Gasteiger partial charge on any atom is 0.496 e. The summed E-state index contributed by atoms with van der Waals surface area (Å²) in [6.45, 7) is 7.89. The monoisotopic (exact) mass is 289 g/mol. The van der Waals surface area contributed by atoms with E-state index in [1.54, 1.807) is 12.1 Å². The van der Waals surface area contributed by atoms with Gasteiger partial charge in [-0.3, -0.25) is 0 Å². The first-order valence-electron chi connectivity index (χ1n) is 6.78. The van der Waals surface area contributed by atoms with Crippen molar-refractivity contribution in [1.29, 1.82) is 5.26 Å². The second kappa shape index (κ2) is 5.25. The number of hydrogen-bond acceptors (Lipinski definition) is 5. The normalized spacial score (nSPS) is 19.2. The second-order valence-electron chi connectivity index (χ2n) is 5.97. The fourth-order valence-electron chi connectivity index (χ4n) is 2.22. The zero-order chi connectivity index (χ0) is 15.8. The van der Waals surface area contributed by atoms with Crippen LogP contribution in [0.1, 0.15) is 33.3 Å². The van der Waals surface area contributed by atoms with E-state index in [4.69, 9.17) is 18.8 Å². The predicted octanol–water partition coefficient (Wildman–Crippen LogP) is 1.87. The highest BCUT2D eigenvalue weighted by molar-refractivity contribution is 6.63. The lowest BCUT2D eigenvalue weighted by atomic mass is 9.76. The van der Waals surface area contributed by atoms with Crippen molar-refractivity contribution >= 4 is 12.6 Å². The number of nitriles is 1. The number of rotatable bonds is 3. The molecule has 0 atom stereocenters. The van der Waals surface area contributed by atoms with Gasteiger partial charge in [-0.15, -0.1) is 0 Å². The van der Waals surface area contributed by atoms with E-state index in [-0.39, 0.29) is 0 Å². The third-order valence-electron chi connectivity index (χ3n) is 4.20. The molecule has 0 radical (unpaired) electrons. The fraction of sp³-hybridized carbons (Fsp3) is 0.533. The average molecular weight is 289 g/mol. The molecule has 0 aromatic heterocycles. The van der Waals surface area contributed by atoms with Gasteiger partial charge in [0.2, 0.25) is 0 Å². The Morgan fingerprint density at radius 2 is 1.62 bits per heavy atom. The second-order valence-corrected chi connectivity index (χ2v) is 5.97. The molecular formula is C15H20BNO4. The highest BCUT2D eigenvalue weighted by Gasteiger charge is 2.52. The van der Waals surface area contributed by atoms with Gasteiger partial charge in [0.25, 0.3) is 0 Å². The number of methoxy groups -OCH3 is 2. The van der Waals surface area contributed by atoms with Crippen LogP contribution < -0.4 is 14.9 Å². The van der Waals surface area contributed by atoms with E-state index in [1.165, 1.54) is 14.2 Å². The van der Waals surface area contributed by atoms with Gasteiger partial charge >= 0.3 is 7.12 Å². The first-order chi connectivity index (χ1) is 9.77. The molecule has 5 nitrogen and oxygen atoms in total. The molecule has 21 heavy (non-hydrogen) atoms. The molecule has 1 aromatic carbocycles. The van der Waals surface area contributed by atoms with Crippen LogP contribution in [0.3, 0.4) is 0 Å². The first kappa shape index (κ1) is 15.7. The molecule has 0 amide bonds. The zero-order valence-corrected chi connectivity index (χ0v) is 13.3. The van der Waals surface area contributed by atoms with Gasteiger partial charge in [0.1, 0.15) is 6.07 Å². The Labute approximate surface area is 125 Å². The molecule has 0 bridgehead atoms. The third-order valence-corrected chi connectivity index (χ3v) is 4.20. The SMILES string of the molecule is COc1ccc(B2OC(C)(C)C(C)(C)O2)c(C#N)c1OC. The Morgan fingerprint density at radius 3 is 2.05 bits per heavy atom. The molecule has 1 saturated heterocycles. The predicted molar refractivity (Wildman–Crippen MR) is 80.0 cm³/mol. The number of ether oxygens (including phenoxy) is 2. The molecule has 0 N–H and O–H groups in total. The van der Waals surface area contributed by atoms with Crippen molar-refractivity contribution in [1.82, 2.24) is 0 Å². The van der Waals surface area contributed by atoms with Crippen molar-refractivity contribution in [3.05, 3.63) is 17.7 Å². The molecule has 0 saturated carbocycles. The van der Waals surface area contributed by atoms with Crippen LogP contribution in [0.2, 0.25) is 0 Å². The third kappa shape index (κ3) is 2.48. The van der Waals surface area contributed by atoms with Crippen LogP contribution in [0.4, 0.5) is 0 Å². The van der Waals surface area contributed by atoms with Crippen LogP contribution in [0.5, 0.6) is 11.5 Å². The van der Waals surface area contributed by atoms with Gasteiger partial charge in [0, 0.05) is 5.46 Å². The van der Waals surface area contributed by atoms with E-state index in [0.29, 0.717) is 22.5 Å². The summed E-state index contributed by atoms with van der Waals surface area (Å²) in [4.78, 5) is 0. The number of benzene rings is 1. The molecule has 1 fully saturated rings. The fourth-order valence-corrected chi connectivity index (χ4v) is 2.22. The molecule has 1 aliphatic rings. The summed E-state index contributed by atoms with van der Waals surface area (Å²) in [5.74, 6) is 0.904. The summed E-state index contributed by atoms with van der Waals surface area (Å²) >= 11 is 0. The Balaban J connectivity index is 2.50. The zero-order valence-electron chi connectivity index (χ0n) is 13.3. The van der Waals surface area contributed by atoms with Crippen molar-refractivity contribution in [2.75, 3.05) is 14.2 Å². The van der Waals surface area contributed by atoms with Crippen LogP contribution >= 0.6 is 0 Å². The van der Waals surface area contributed by atoms with E-state index < -0.39 is 18.3 Å². The lowest BCUT2D eigenvalue weighted by molar-refractivity contribution is 0.00578. The molecule has 0 unspecified atom stereocenters. The molecule has 0 spiro atoms. The van der Waals surface area contributed by atoms with Gasteiger partial charge in [-0.2, -0.15) is 5.26 Å². The van der Waals surface area contributed by atoms with E-state index in [1.807, 2.05) is 27.7 Å². The summed E-state index contributed by atoms with van der Waals surface area (Å²) in [5, 5.41) is 9.47. The summed E-state index contributed by atoms with van der Waals surface area (Å²) < 4.78 is 22.5. The molecule has 6 heteroatoms. The van der Waals surface area contributed by atoms with Gasteiger partial charge in [0.05, 0.1) is 31.0 Å². The van der Waals surface area contributed by atoms with Crippen LogP contribution in [-0.2, 0) is 9.31 Å². The summed E-state index contributed by atoms with van der Waals surface area (Å²) in [6.07, 6.45) is 0. The molecular weight excluding hydrogens is 269 g/mol. The molecule has 2 rings (SSSR count). The van der Waals surface area contributed by atoms with Crippen LogP contribution in [0, 0.1) is 11.3 Å². The van der Waals surface area contributed by atoms with Crippen molar-refractivity contribution in [3.8, 4) is 17.6 Å². The van der Waals surface area contributed by atoms with Gasteiger partial charge < -0.3 is 18.8 Å². The molecule has 0 aliphatic carbocycles. The Hall–Kier alpha value is -1.71. The number of hydrogen-bond donors (Lipinski definition) is 0. The summed E-state index contributed by atoms with van der Waals surface area (Å²) in [6, 6.07) is 5.69.